The minimum Gasteiger partial charge on any atom is -0.290 e. The molecule has 6 nitrogen and oxygen atoms in total. The Morgan fingerprint density at radius 2 is 1.15 bits per heavy atom. The fourth-order valence-corrected chi connectivity index (χ4v) is 2.25. The normalized spacial score (nSPS) is 11.3. The van der Waals surface area contributed by atoms with Crippen molar-refractivity contribution in [1.82, 2.24) is 0 Å². The summed E-state index contributed by atoms with van der Waals surface area (Å²) in [7, 11) is 0. The maximum Gasteiger partial charge on any atom is 0.373 e. The third kappa shape index (κ3) is 5.64. The lowest BCUT2D eigenvalue weighted by Gasteiger charge is -2.32. The average Bonchev–Trinajstić information content (AvgIpc) is 2.74. The van der Waals surface area contributed by atoms with Crippen molar-refractivity contribution >= 4 is 11.9 Å². The Morgan fingerprint density at radius 1 is 0.778 bits per heavy atom. The number of hydrogen-bond donors (Lipinski definition) is 0. The summed E-state index contributed by atoms with van der Waals surface area (Å²) >= 11 is 0. The molecule has 0 bridgehead atoms. The van der Waals surface area contributed by atoms with Gasteiger partial charge in [-0.2, -0.15) is 0 Å². The van der Waals surface area contributed by atoms with E-state index in [0.717, 1.165) is 0 Å². The zero-order valence-electron chi connectivity index (χ0n) is 15.7. The summed E-state index contributed by atoms with van der Waals surface area (Å²) in [6.07, 6.45) is 0.229. The summed E-state index contributed by atoms with van der Waals surface area (Å²) in [5.74, 6) is -1.32. The van der Waals surface area contributed by atoms with Gasteiger partial charge in [-0.05, 0) is 37.1 Å². The van der Waals surface area contributed by atoms with E-state index in [-0.39, 0.29) is 0 Å². The van der Waals surface area contributed by atoms with Gasteiger partial charge in [0.15, 0.2) is 0 Å². The Kier molecular flexibility index (Phi) is 7.52. The molecule has 0 radical (unpaired) electrons. The number of rotatable bonds is 9. The van der Waals surface area contributed by atoms with Gasteiger partial charge in [0.2, 0.25) is 0 Å². The molecule has 144 valence electrons. The van der Waals surface area contributed by atoms with Crippen LogP contribution in [-0.4, -0.2) is 18.2 Å². The highest BCUT2D eigenvalue weighted by Crippen LogP contribution is 2.33. The van der Waals surface area contributed by atoms with Crippen molar-refractivity contribution in [2.24, 2.45) is 5.41 Å². The van der Waals surface area contributed by atoms with Crippen LogP contribution in [0.2, 0.25) is 0 Å². The third-order valence-electron chi connectivity index (χ3n) is 4.63. The monoisotopic (exact) mass is 372 g/mol. The largest absolute Gasteiger partial charge is 0.373 e. The van der Waals surface area contributed by atoms with Crippen LogP contribution in [0.1, 0.15) is 54.3 Å². The van der Waals surface area contributed by atoms with Gasteiger partial charge in [-0.3, -0.25) is 9.78 Å². The highest BCUT2D eigenvalue weighted by atomic mass is 17.3. The van der Waals surface area contributed by atoms with E-state index < -0.39 is 23.6 Å². The quantitative estimate of drug-likeness (QED) is 0.360. The Balaban J connectivity index is 2.03. The van der Waals surface area contributed by atoms with E-state index in [2.05, 4.69) is 0 Å². The molecule has 2 aromatic carbocycles. The van der Waals surface area contributed by atoms with Gasteiger partial charge in [0.25, 0.3) is 6.29 Å². The van der Waals surface area contributed by atoms with Crippen LogP contribution in [0.3, 0.4) is 0 Å². The van der Waals surface area contributed by atoms with Gasteiger partial charge in [-0.15, -0.1) is 9.78 Å². The molecule has 0 heterocycles. The maximum absolute atomic E-state index is 12.1. The summed E-state index contributed by atoms with van der Waals surface area (Å²) in [6.45, 7) is 5.78. The molecule has 0 unspecified atom stereocenters. The first kappa shape index (κ1) is 20.6. The fourth-order valence-electron chi connectivity index (χ4n) is 2.25. The molecule has 0 fully saturated rings. The van der Waals surface area contributed by atoms with Crippen LogP contribution in [0.15, 0.2) is 60.7 Å². The molecular weight excluding hydrogens is 348 g/mol. The van der Waals surface area contributed by atoms with Crippen LogP contribution in [0, 0.1) is 5.41 Å². The van der Waals surface area contributed by atoms with Gasteiger partial charge in [0, 0.05) is 5.41 Å². The molecule has 0 aliphatic heterocycles. The minimum atomic E-state index is -1.08. The Morgan fingerprint density at radius 3 is 1.48 bits per heavy atom. The summed E-state index contributed by atoms with van der Waals surface area (Å²) in [4.78, 5) is 44.5. The molecule has 0 saturated heterocycles. The Hall–Kier alpha value is -2.70. The number of carbonyl (C=O) groups is 2. The second kappa shape index (κ2) is 9.85. The van der Waals surface area contributed by atoms with Crippen molar-refractivity contribution in [1.29, 1.82) is 0 Å². The third-order valence-corrected chi connectivity index (χ3v) is 4.63. The molecule has 0 saturated carbocycles. The smallest absolute Gasteiger partial charge is 0.290 e. The van der Waals surface area contributed by atoms with Gasteiger partial charge in [-0.25, -0.2) is 9.59 Å². The topological polar surface area (TPSA) is 71.1 Å². The van der Waals surface area contributed by atoms with Crippen LogP contribution in [0.5, 0.6) is 0 Å². The highest BCUT2D eigenvalue weighted by Gasteiger charge is 2.37. The van der Waals surface area contributed by atoms with Gasteiger partial charge >= 0.3 is 11.9 Å². The number of hydrogen-bond acceptors (Lipinski definition) is 6. The first-order valence-corrected chi connectivity index (χ1v) is 8.85. The lowest BCUT2D eigenvalue weighted by Crippen LogP contribution is -2.37. The molecular formula is C21H24O6. The van der Waals surface area contributed by atoms with Crippen LogP contribution in [0.4, 0.5) is 0 Å². The van der Waals surface area contributed by atoms with E-state index in [4.69, 9.17) is 19.6 Å². The average molecular weight is 372 g/mol. The van der Waals surface area contributed by atoms with E-state index in [1.54, 1.807) is 60.7 Å². The molecule has 0 amide bonds. The zero-order valence-corrected chi connectivity index (χ0v) is 15.7. The van der Waals surface area contributed by atoms with E-state index in [1.165, 1.54) is 0 Å². The Bertz CT molecular complexity index is 669. The summed E-state index contributed by atoms with van der Waals surface area (Å²) in [6, 6.07) is 16.9. The summed E-state index contributed by atoms with van der Waals surface area (Å²) in [5, 5.41) is 0. The molecule has 0 aliphatic carbocycles. The Labute approximate surface area is 158 Å². The molecule has 6 heteroatoms. The van der Waals surface area contributed by atoms with Crippen LogP contribution in [-0.2, 0) is 19.6 Å². The molecule has 0 spiro atoms. The fraction of sp³-hybridized carbons (Fsp3) is 0.333. The standard InChI is InChI=1S/C21H24O6/c1-4-21(3,5-2)20(26-24-18(22)16-12-8-6-9-13-16)27-25-19(23)17-14-10-7-11-15-17/h6-15,20H,4-5H2,1-3H3. The van der Waals surface area contributed by atoms with E-state index >= 15 is 0 Å². The van der Waals surface area contributed by atoms with E-state index in [9.17, 15) is 9.59 Å². The predicted octanol–water partition coefficient (Wildman–Crippen LogP) is 4.72. The number of carbonyl (C=O) groups excluding carboxylic acids is 2. The zero-order chi connectivity index (χ0) is 19.7. The van der Waals surface area contributed by atoms with Crippen molar-refractivity contribution < 1.29 is 29.1 Å². The molecule has 0 aromatic heterocycles. The van der Waals surface area contributed by atoms with Crippen LogP contribution < -0.4 is 0 Å². The second-order valence-electron chi connectivity index (χ2n) is 6.36. The summed E-state index contributed by atoms with van der Waals surface area (Å²) < 4.78 is 0. The van der Waals surface area contributed by atoms with Crippen molar-refractivity contribution in [3.8, 4) is 0 Å². The van der Waals surface area contributed by atoms with Crippen molar-refractivity contribution in [3.63, 3.8) is 0 Å². The van der Waals surface area contributed by atoms with Crippen molar-refractivity contribution in [2.45, 2.75) is 39.9 Å². The lowest BCUT2D eigenvalue weighted by atomic mass is 9.84. The van der Waals surface area contributed by atoms with Crippen LogP contribution >= 0.6 is 0 Å². The van der Waals surface area contributed by atoms with Crippen molar-refractivity contribution in [2.75, 3.05) is 0 Å². The molecule has 27 heavy (non-hydrogen) atoms. The van der Waals surface area contributed by atoms with Gasteiger partial charge in [0.05, 0.1) is 11.1 Å². The maximum atomic E-state index is 12.1. The molecule has 0 atom stereocenters. The predicted molar refractivity (Wildman–Crippen MR) is 98.4 cm³/mol. The molecule has 2 rings (SSSR count). The first-order valence-electron chi connectivity index (χ1n) is 8.85. The van der Waals surface area contributed by atoms with Gasteiger partial charge in [0.1, 0.15) is 0 Å². The number of benzene rings is 2. The van der Waals surface area contributed by atoms with Crippen molar-refractivity contribution in [3.05, 3.63) is 71.8 Å². The van der Waals surface area contributed by atoms with Gasteiger partial charge in [-0.1, -0.05) is 57.2 Å². The van der Waals surface area contributed by atoms with Crippen LogP contribution in [0.25, 0.3) is 0 Å². The molecule has 0 aliphatic rings. The first-order chi connectivity index (χ1) is 13.0. The molecule has 2 aromatic rings. The minimum absolute atomic E-state index is 0.340. The van der Waals surface area contributed by atoms with E-state index in [0.29, 0.717) is 24.0 Å². The van der Waals surface area contributed by atoms with E-state index in [1.807, 2.05) is 20.8 Å². The van der Waals surface area contributed by atoms with Gasteiger partial charge < -0.3 is 0 Å². The summed E-state index contributed by atoms with van der Waals surface area (Å²) in [5.41, 5.74) is 0.146. The molecule has 0 N–H and O–H groups in total. The highest BCUT2D eigenvalue weighted by molar-refractivity contribution is 5.89. The SMILES string of the molecule is CCC(C)(CC)C(OOC(=O)c1ccccc1)OOC(=O)c1ccccc1. The lowest BCUT2D eigenvalue weighted by molar-refractivity contribution is -0.445. The second-order valence-corrected chi connectivity index (χ2v) is 6.36.